The van der Waals surface area contributed by atoms with Crippen LogP contribution in [-0.2, 0) is 0 Å². The Kier molecular flexibility index (Phi) is 4.92. The minimum atomic E-state index is 0.127. The normalized spacial score (nSPS) is 26.5. The molecule has 0 bridgehead atoms. The zero-order valence-electron chi connectivity index (χ0n) is 10.3. The molecule has 0 saturated carbocycles. The number of amides is 2. The van der Waals surface area contributed by atoms with Crippen molar-refractivity contribution >= 4 is 6.03 Å². The number of unbranched alkanes of at least 4 members (excludes halogenated alkanes) is 1. The number of urea groups is 1. The molecule has 0 radical (unpaired) electrons. The van der Waals surface area contributed by atoms with Crippen molar-refractivity contribution in [3.05, 3.63) is 0 Å². The van der Waals surface area contributed by atoms with Gasteiger partial charge in [0.05, 0.1) is 0 Å². The summed E-state index contributed by atoms with van der Waals surface area (Å²) in [4.78, 5) is 13.7. The number of rotatable bonds is 3. The van der Waals surface area contributed by atoms with E-state index >= 15 is 0 Å². The molecular formula is C12H24N2O. The molecule has 1 N–H and O–H groups in total. The largest absolute Gasteiger partial charge is 0.338 e. The number of nitrogens with zero attached hydrogens (tertiary/aromatic N) is 1. The maximum absolute atomic E-state index is 11.8. The summed E-state index contributed by atoms with van der Waals surface area (Å²) in [7, 11) is 0. The quantitative estimate of drug-likeness (QED) is 0.716. The van der Waals surface area contributed by atoms with Crippen molar-refractivity contribution in [3.8, 4) is 0 Å². The van der Waals surface area contributed by atoms with E-state index in [1.165, 1.54) is 6.42 Å². The van der Waals surface area contributed by atoms with E-state index in [0.717, 1.165) is 32.5 Å². The summed E-state index contributed by atoms with van der Waals surface area (Å²) in [5.74, 6) is 1.29. The van der Waals surface area contributed by atoms with E-state index in [-0.39, 0.29) is 6.03 Å². The number of carbonyl (C=O) groups is 1. The Bertz CT molecular complexity index is 196. The van der Waals surface area contributed by atoms with Gasteiger partial charge < -0.3 is 10.2 Å². The SMILES string of the molecule is CCCCNC(=O)N1CC(C)CC(C)C1. The van der Waals surface area contributed by atoms with Gasteiger partial charge in [-0.05, 0) is 24.7 Å². The third-order valence-corrected chi connectivity index (χ3v) is 2.96. The van der Waals surface area contributed by atoms with Crippen LogP contribution in [0.2, 0.25) is 0 Å². The summed E-state index contributed by atoms with van der Waals surface area (Å²) in [5.41, 5.74) is 0. The number of carbonyl (C=O) groups excluding carboxylic acids is 1. The maximum atomic E-state index is 11.8. The van der Waals surface area contributed by atoms with E-state index in [1.807, 2.05) is 4.90 Å². The Morgan fingerprint density at radius 3 is 2.47 bits per heavy atom. The van der Waals surface area contributed by atoms with Crippen LogP contribution in [0.5, 0.6) is 0 Å². The zero-order chi connectivity index (χ0) is 11.3. The molecule has 2 atom stereocenters. The maximum Gasteiger partial charge on any atom is 0.317 e. The minimum Gasteiger partial charge on any atom is -0.338 e. The monoisotopic (exact) mass is 212 g/mol. The van der Waals surface area contributed by atoms with Crippen LogP contribution in [0.1, 0.15) is 40.0 Å². The van der Waals surface area contributed by atoms with Crippen LogP contribution in [-0.4, -0.2) is 30.6 Å². The number of nitrogens with one attached hydrogen (secondary N) is 1. The van der Waals surface area contributed by atoms with E-state index < -0.39 is 0 Å². The first-order chi connectivity index (χ1) is 7.13. The Balaban J connectivity index is 2.31. The summed E-state index contributed by atoms with van der Waals surface area (Å²) in [6.45, 7) is 9.24. The molecule has 0 aromatic rings. The van der Waals surface area contributed by atoms with Crippen LogP contribution < -0.4 is 5.32 Å². The number of hydrogen-bond donors (Lipinski definition) is 1. The molecule has 0 aromatic heterocycles. The van der Waals surface area contributed by atoms with Crippen molar-refractivity contribution in [1.82, 2.24) is 10.2 Å². The van der Waals surface area contributed by atoms with Gasteiger partial charge in [-0.3, -0.25) is 0 Å². The van der Waals surface area contributed by atoms with Gasteiger partial charge in [0.25, 0.3) is 0 Å². The predicted octanol–water partition coefficient (Wildman–Crippen LogP) is 2.47. The molecule has 1 fully saturated rings. The second-order valence-electron chi connectivity index (χ2n) is 4.94. The summed E-state index contributed by atoms with van der Waals surface area (Å²) in [6.07, 6.45) is 3.45. The molecule has 1 aliphatic heterocycles. The van der Waals surface area contributed by atoms with Crippen LogP contribution in [0.15, 0.2) is 0 Å². The second kappa shape index (κ2) is 5.99. The summed E-state index contributed by atoms with van der Waals surface area (Å²) in [6, 6.07) is 0.127. The van der Waals surface area contributed by atoms with E-state index in [1.54, 1.807) is 0 Å². The van der Waals surface area contributed by atoms with Crippen LogP contribution in [0.25, 0.3) is 0 Å². The van der Waals surface area contributed by atoms with Gasteiger partial charge in [-0.15, -0.1) is 0 Å². The molecule has 3 nitrogen and oxygen atoms in total. The van der Waals surface area contributed by atoms with Gasteiger partial charge in [0.15, 0.2) is 0 Å². The first kappa shape index (κ1) is 12.3. The lowest BCUT2D eigenvalue weighted by Gasteiger charge is -2.34. The fourth-order valence-corrected chi connectivity index (χ4v) is 2.31. The standard InChI is InChI=1S/C12H24N2O/c1-4-5-6-13-12(15)14-8-10(2)7-11(3)9-14/h10-11H,4-9H2,1-3H3,(H,13,15). The van der Waals surface area contributed by atoms with Gasteiger partial charge in [0.2, 0.25) is 0 Å². The van der Waals surface area contributed by atoms with Crippen LogP contribution >= 0.6 is 0 Å². The van der Waals surface area contributed by atoms with Gasteiger partial charge in [0.1, 0.15) is 0 Å². The van der Waals surface area contributed by atoms with Gasteiger partial charge in [-0.25, -0.2) is 4.79 Å². The van der Waals surface area contributed by atoms with E-state index in [2.05, 4.69) is 26.1 Å². The molecule has 1 rings (SSSR count). The van der Waals surface area contributed by atoms with Crippen molar-refractivity contribution in [1.29, 1.82) is 0 Å². The Hall–Kier alpha value is -0.730. The lowest BCUT2D eigenvalue weighted by Crippen LogP contribution is -2.47. The summed E-state index contributed by atoms with van der Waals surface area (Å²) < 4.78 is 0. The lowest BCUT2D eigenvalue weighted by molar-refractivity contribution is 0.146. The minimum absolute atomic E-state index is 0.127. The zero-order valence-corrected chi connectivity index (χ0v) is 10.3. The molecule has 1 heterocycles. The van der Waals surface area contributed by atoms with E-state index in [0.29, 0.717) is 11.8 Å². The van der Waals surface area contributed by atoms with Gasteiger partial charge >= 0.3 is 6.03 Å². The smallest absolute Gasteiger partial charge is 0.317 e. The molecule has 2 amide bonds. The predicted molar refractivity (Wildman–Crippen MR) is 62.8 cm³/mol. The second-order valence-corrected chi connectivity index (χ2v) is 4.94. The van der Waals surface area contributed by atoms with Crippen molar-refractivity contribution in [2.75, 3.05) is 19.6 Å². The van der Waals surface area contributed by atoms with E-state index in [4.69, 9.17) is 0 Å². The summed E-state index contributed by atoms with van der Waals surface area (Å²) in [5, 5.41) is 2.98. The summed E-state index contributed by atoms with van der Waals surface area (Å²) >= 11 is 0. The highest BCUT2D eigenvalue weighted by Crippen LogP contribution is 2.20. The Labute approximate surface area is 93.2 Å². The third-order valence-electron chi connectivity index (χ3n) is 2.96. The molecule has 2 unspecified atom stereocenters. The molecule has 1 saturated heterocycles. The topological polar surface area (TPSA) is 32.3 Å². The first-order valence-corrected chi connectivity index (χ1v) is 6.16. The number of hydrogen-bond acceptors (Lipinski definition) is 1. The van der Waals surface area contributed by atoms with Gasteiger partial charge in [-0.2, -0.15) is 0 Å². The number of piperidine rings is 1. The fraction of sp³-hybridized carbons (Fsp3) is 0.917. The molecule has 1 aliphatic rings. The average molecular weight is 212 g/mol. The van der Waals surface area contributed by atoms with Crippen molar-refractivity contribution in [3.63, 3.8) is 0 Å². The van der Waals surface area contributed by atoms with Crippen molar-refractivity contribution in [2.24, 2.45) is 11.8 Å². The van der Waals surface area contributed by atoms with Crippen LogP contribution in [0, 0.1) is 11.8 Å². The van der Waals surface area contributed by atoms with Crippen LogP contribution in [0.3, 0.4) is 0 Å². The van der Waals surface area contributed by atoms with E-state index in [9.17, 15) is 4.79 Å². The highest BCUT2D eigenvalue weighted by molar-refractivity contribution is 5.74. The average Bonchev–Trinajstić information content (AvgIpc) is 2.16. The molecule has 3 heteroatoms. The molecule has 0 aromatic carbocycles. The van der Waals surface area contributed by atoms with Gasteiger partial charge in [0, 0.05) is 19.6 Å². The lowest BCUT2D eigenvalue weighted by atomic mass is 9.92. The highest BCUT2D eigenvalue weighted by Gasteiger charge is 2.24. The fourth-order valence-electron chi connectivity index (χ4n) is 2.31. The third kappa shape index (κ3) is 4.10. The van der Waals surface area contributed by atoms with Crippen molar-refractivity contribution < 1.29 is 4.79 Å². The van der Waals surface area contributed by atoms with Crippen molar-refractivity contribution in [2.45, 2.75) is 40.0 Å². The van der Waals surface area contributed by atoms with Gasteiger partial charge in [-0.1, -0.05) is 27.2 Å². The Morgan fingerprint density at radius 2 is 1.93 bits per heavy atom. The first-order valence-electron chi connectivity index (χ1n) is 6.16. The Morgan fingerprint density at radius 1 is 1.33 bits per heavy atom. The van der Waals surface area contributed by atoms with Crippen LogP contribution in [0.4, 0.5) is 4.79 Å². The highest BCUT2D eigenvalue weighted by atomic mass is 16.2. The molecule has 88 valence electrons. The molecular weight excluding hydrogens is 188 g/mol. The molecule has 0 aliphatic carbocycles. The molecule has 15 heavy (non-hydrogen) atoms. The molecule has 0 spiro atoms. The number of likely N-dealkylation sites (tertiary alicyclic amines) is 1.